The van der Waals surface area contributed by atoms with Crippen molar-refractivity contribution in [2.75, 3.05) is 32.5 Å². The van der Waals surface area contributed by atoms with Crippen LogP contribution in [0.3, 0.4) is 0 Å². The minimum Gasteiger partial charge on any atom is -0.384 e. The van der Waals surface area contributed by atoms with E-state index in [-0.39, 0.29) is 0 Å². The summed E-state index contributed by atoms with van der Waals surface area (Å²) < 4.78 is 0. The van der Waals surface area contributed by atoms with Crippen molar-refractivity contribution in [2.24, 2.45) is 0 Å². The van der Waals surface area contributed by atoms with Crippen molar-refractivity contribution in [1.82, 2.24) is 4.90 Å². The van der Waals surface area contributed by atoms with E-state index in [0.717, 1.165) is 13.1 Å². The van der Waals surface area contributed by atoms with Crippen LogP contribution in [0, 0.1) is 0 Å². The molecule has 0 atom stereocenters. The second-order valence-corrected chi connectivity index (χ2v) is 4.88. The first-order valence-electron chi connectivity index (χ1n) is 6.27. The number of hydrogen-bond donors (Lipinski definition) is 1. The average molecular weight is 218 g/mol. The lowest BCUT2D eigenvalue weighted by molar-refractivity contribution is 0.425. The fourth-order valence-corrected chi connectivity index (χ4v) is 2.36. The van der Waals surface area contributed by atoms with Crippen molar-refractivity contribution in [2.45, 2.75) is 25.7 Å². The van der Waals surface area contributed by atoms with Gasteiger partial charge in [0.05, 0.1) is 0 Å². The highest BCUT2D eigenvalue weighted by Crippen LogP contribution is 2.27. The van der Waals surface area contributed by atoms with Crippen LogP contribution in [-0.2, 0) is 12.8 Å². The first-order chi connectivity index (χ1) is 7.77. The van der Waals surface area contributed by atoms with Gasteiger partial charge < -0.3 is 10.2 Å². The normalized spacial score (nSPS) is 14.9. The molecule has 1 aliphatic carbocycles. The van der Waals surface area contributed by atoms with Gasteiger partial charge in [-0.15, -0.1) is 0 Å². The number of fused-ring (bicyclic) bond motifs is 1. The van der Waals surface area contributed by atoms with Crippen molar-refractivity contribution in [1.29, 1.82) is 0 Å². The fraction of sp³-hybridized carbons (Fsp3) is 0.571. The molecule has 0 spiro atoms. The lowest BCUT2D eigenvalue weighted by Gasteiger charge is -2.20. The molecule has 0 bridgehead atoms. The van der Waals surface area contributed by atoms with Crippen LogP contribution in [0.25, 0.3) is 0 Å². The van der Waals surface area contributed by atoms with Crippen LogP contribution in [0.5, 0.6) is 0 Å². The molecule has 0 fully saturated rings. The van der Waals surface area contributed by atoms with Gasteiger partial charge in [0.15, 0.2) is 0 Å². The number of hydrogen-bond acceptors (Lipinski definition) is 2. The molecule has 1 N–H and O–H groups in total. The minimum atomic E-state index is 1.03. The second kappa shape index (κ2) is 5.35. The summed E-state index contributed by atoms with van der Waals surface area (Å²) in [5, 5.41) is 3.56. The Morgan fingerprint density at radius 1 is 1.19 bits per heavy atom. The van der Waals surface area contributed by atoms with E-state index in [1.807, 2.05) is 0 Å². The van der Waals surface area contributed by atoms with Crippen molar-refractivity contribution in [3.8, 4) is 0 Å². The van der Waals surface area contributed by atoms with E-state index in [2.05, 4.69) is 42.5 Å². The summed E-state index contributed by atoms with van der Waals surface area (Å²) in [4.78, 5) is 2.21. The second-order valence-electron chi connectivity index (χ2n) is 4.88. The van der Waals surface area contributed by atoms with Crippen LogP contribution in [0.4, 0.5) is 5.69 Å². The number of nitrogens with one attached hydrogen (secondary N) is 1. The fourth-order valence-electron chi connectivity index (χ4n) is 2.36. The topological polar surface area (TPSA) is 15.3 Å². The molecule has 16 heavy (non-hydrogen) atoms. The molecule has 0 saturated heterocycles. The average Bonchev–Trinajstić information content (AvgIpc) is 2.29. The molecule has 0 radical (unpaired) electrons. The zero-order valence-corrected chi connectivity index (χ0v) is 10.4. The highest BCUT2D eigenvalue weighted by Gasteiger charge is 2.12. The first-order valence-corrected chi connectivity index (χ1v) is 6.27. The molecule has 0 unspecified atom stereocenters. The molecular formula is C14H22N2. The summed E-state index contributed by atoms with van der Waals surface area (Å²) >= 11 is 0. The number of rotatable bonds is 4. The lowest BCUT2D eigenvalue weighted by atomic mass is 9.90. The first kappa shape index (κ1) is 11.5. The summed E-state index contributed by atoms with van der Waals surface area (Å²) in [7, 11) is 4.23. The number of anilines is 1. The van der Waals surface area contributed by atoms with Gasteiger partial charge in [-0.05, 0) is 57.0 Å². The summed E-state index contributed by atoms with van der Waals surface area (Å²) in [6, 6.07) is 6.69. The highest BCUT2D eigenvalue weighted by atomic mass is 15.1. The predicted octanol–water partition coefficient (Wildman–Crippen LogP) is 2.54. The van der Waals surface area contributed by atoms with Gasteiger partial charge >= 0.3 is 0 Å². The molecule has 0 heterocycles. The van der Waals surface area contributed by atoms with Gasteiger partial charge in [0.1, 0.15) is 0 Å². The maximum absolute atomic E-state index is 3.56. The Hall–Kier alpha value is -1.02. The molecule has 0 amide bonds. The number of benzene rings is 1. The van der Waals surface area contributed by atoms with Crippen molar-refractivity contribution >= 4 is 5.69 Å². The van der Waals surface area contributed by atoms with Crippen LogP contribution in [-0.4, -0.2) is 32.1 Å². The van der Waals surface area contributed by atoms with Gasteiger partial charge in [0.25, 0.3) is 0 Å². The molecule has 2 heteroatoms. The van der Waals surface area contributed by atoms with Gasteiger partial charge in [-0.1, -0.05) is 12.1 Å². The third kappa shape index (κ3) is 2.76. The van der Waals surface area contributed by atoms with E-state index in [1.54, 1.807) is 11.1 Å². The Morgan fingerprint density at radius 2 is 2.00 bits per heavy atom. The Balaban J connectivity index is 2.03. The molecule has 88 valence electrons. The van der Waals surface area contributed by atoms with E-state index < -0.39 is 0 Å². The van der Waals surface area contributed by atoms with E-state index in [0.29, 0.717) is 0 Å². The van der Waals surface area contributed by atoms with Crippen LogP contribution in [0.2, 0.25) is 0 Å². The van der Waals surface area contributed by atoms with E-state index in [1.165, 1.54) is 31.4 Å². The third-order valence-corrected chi connectivity index (χ3v) is 3.27. The Labute approximate surface area is 98.7 Å². The molecule has 1 aliphatic rings. The van der Waals surface area contributed by atoms with Crippen molar-refractivity contribution in [3.05, 3.63) is 29.3 Å². The molecule has 1 aromatic carbocycles. The molecule has 0 saturated carbocycles. The molecule has 2 nitrogen and oxygen atoms in total. The van der Waals surface area contributed by atoms with Gasteiger partial charge in [-0.25, -0.2) is 0 Å². The van der Waals surface area contributed by atoms with Crippen LogP contribution in [0.1, 0.15) is 24.0 Å². The van der Waals surface area contributed by atoms with E-state index in [4.69, 9.17) is 0 Å². The molecule has 2 rings (SSSR count). The number of aryl methyl sites for hydroxylation is 1. The zero-order chi connectivity index (χ0) is 11.4. The van der Waals surface area contributed by atoms with Crippen LogP contribution < -0.4 is 5.32 Å². The van der Waals surface area contributed by atoms with E-state index >= 15 is 0 Å². The van der Waals surface area contributed by atoms with Gasteiger partial charge in [0, 0.05) is 18.8 Å². The Kier molecular flexibility index (Phi) is 3.83. The van der Waals surface area contributed by atoms with Gasteiger partial charge in [-0.2, -0.15) is 0 Å². The van der Waals surface area contributed by atoms with Crippen LogP contribution in [0.15, 0.2) is 18.2 Å². The van der Waals surface area contributed by atoms with Crippen molar-refractivity contribution < 1.29 is 0 Å². The summed E-state index contributed by atoms with van der Waals surface area (Å²) in [5.74, 6) is 0. The summed E-state index contributed by atoms with van der Waals surface area (Å²) in [5.41, 5.74) is 4.48. The van der Waals surface area contributed by atoms with Gasteiger partial charge in [-0.3, -0.25) is 0 Å². The zero-order valence-electron chi connectivity index (χ0n) is 10.4. The number of likely N-dealkylation sites (N-methyl/N-ethyl adjacent to an activating group) is 1. The Morgan fingerprint density at radius 3 is 2.81 bits per heavy atom. The largest absolute Gasteiger partial charge is 0.384 e. The maximum Gasteiger partial charge on any atom is 0.0375 e. The Bertz CT molecular complexity index is 345. The SMILES string of the molecule is CN(C)CCNc1cccc2c1CCCC2. The minimum absolute atomic E-state index is 1.03. The third-order valence-electron chi connectivity index (χ3n) is 3.27. The van der Waals surface area contributed by atoms with Gasteiger partial charge in [0.2, 0.25) is 0 Å². The highest BCUT2D eigenvalue weighted by molar-refractivity contribution is 5.55. The van der Waals surface area contributed by atoms with Crippen molar-refractivity contribution in [3.63, 3.8) is 0 Å². The smallest absolute Gasteiger partial charge is 0.0375 e. The maximum atomic E-state index is 3.56. The predicted molar refractivity (Wildman–Crippen MR) is 70.1 cm³/mol. The lowest BCUT2D eigenvalue weighted by Crippen LogP contribution is -2.21. The van der Waals surface area contributed by atoms with Crippen LogP contribution >= 0.6 is 0 Å². The standard InChI is InChI=1S/C14H22N2/c1-16(2)11-10-15-14-9-5-7-12-6-3-4-8-13(12)14/h5,7,9,15H,3-4,6,8,10-11H2,1-2H3. The summed E-state index contributed by atoms with van der Waals surface area (Å²) in [6.45, 7) is 2.12. The quantitative estimate of drug-likeness (QED) is 0.835. The molecule has 0 aromatic heterocycles. The summed E-state index contributed by atoms with van der Waals surface area (Å²) in [6.07, 6.45) is 5.21. The van der Waals surface area contributed by atoms with E-state index in [9.17, 15) is 0 Å². The molecular weight excluding hydrogens is 196 g/mol. The monoisotopic (exact) mass is 218 g/mol. The molecule has 0 aliphatic heterocycles. The molecule has 1 aromatic rings. The number of nitrogens with zero attached hydrogens (tertiary/aromatic N) is 1.